The Morgan fingerprint density at radius 2 is 0.542 bits per heavy atom. The van der Waals surface area contributed by atoms with Crippen LogP contribution in [-0.2, 0) is 17.1 Å². The summed E-state index contributed by atoms with van der Waals surface area (Å²) in [6.45, 7) is 9.35. The summed E-state index contributed by atoms with van der Waals surface area (Å²) in [4.78, 5) is 0. The number of hydrogen-bond acceptors (Lipinski definition) is 1. The number of anilines is 2. The monoisotopic (exact) mass is 872 g/mol. The molecule has 0 fully saturated rings. The van der Waals surface area contributed by atoms with E-state index in [2.05, 4.69) is 264 Å². The van der Waals surface area contributed by atoms with Crippen LogP contribution in [0.3, 0.4) is 0 Å². The molecule has 8 aromatic rings. The molecule has 0 atom stereocenters. The summed E-state index contributed by atoms with van der Waals surface area (Å²) in [5, 5.41) is 13.5. The Labute approximate surface area is 368 Å². The van der Waals surface area contributed by atoms with Crippen molar-refractivity contribution in [2.24, 2.45) is 0 Å². The van der Waals surface area contributed by atoms with Gasteiger partial charge in [-0.3, -0.25) is 0 Å². The summed E-state index contributed by atoms with van der Waals surface area (Å²) in [6.07, 6.45) is 0. The smallest absolute Gasteiger partial charge is 0.355 e. The second-order valence-electron chi connectivity index (χ2n) is 14.3. The van der Waals surface area contributed by atoms with Crippen molar-refractivity contribution in [1.82, 2.24) is 0 Å². The van der Waals surface area contributed by atoms with E-state index in [0.29, 0.717) is 11.3 Å². The number of nitrogens with one attached hydrogen (secondary N) is 1. The molecule has 0 saturated heterocycles. The van der Waals surface area contributed by atoms with Gasteiger partial charge in [0.25, 0.3) is 0 Å². The zero-order chi connectivity index (χ0) is 40.4. The molecule has 0 bridgehead atoms. The maximum Gasteiger partial charge on any atom is 2.00 e. The van der Waals surface area contributed by atoms with Crippen LogP contribution in [0.2, 0.25) is 0 Å². The molecule has 0 aromatic heterocycles. The van der Waals surface area contributed by atoms with Gasteiger partial charge in [-0.15, -0.1) is 0 Å². The fourth-order valence-corrected chi connectivity index (χ4v) is 14.6. The van der Waals surface area contributed by atoms with E-state index in [-0.39, 0.29) is 25.0 Å². The van der Waals surface area contributed by atoms with Gasteiger partial charge in [0.1, 0.15) is 0 Å². The van der Waals surface area contributed by atoms with Gasteiger partial charge in [-0.25, -0.2) is 0 Å². The Balaban J connectivity index is 0.000000167. The quantitative estimate of drug-likeness (QED) is 0.101. The van der Waals surface area contributed by atoms with E-state index >= 15 is 0 Å². The van der Waals surface area contributed by atoms with Gasteiger partial charge >= 0.3 is 17.1 Å². The minimum Gasteiger partial charge on any atom is -0.355 e. The minimum atomic E-state index is -0.446. The van der Waals surface area contributed by atoms with Gasteiger partial charge in [0.05, 0.1) is 0 Å². The molecule has 0 aliphatic heterocycles. The van der Waals surface area contributed by atoms with Gasteiger partial charge in [0, 0.05) is 11.4 Å². The van der Waals surface area contributed by atoms with Crippen LogP contribution in [0.4, 0.5) is 11.4 Å². The Morgan fingerprint density at radius 3 is 0.814 bits per heavy atom. The van der Waals surface area contributed by atoms with Crippen LogP contribution in [0.1, 0.15) is 27.7 Å². The molecule has 0 unspecified atom stereocenters. The minimum absolute atomic E-state index is 0. The summed E-state index contributed by atoms with van der Waals surface area (Å²) in [6, 6.07) is 83.8. The number of rotatable bonds is 11. The average Bonchev–Trinajstić information content (AvgIpc) is 3.27. The summed E-state index contributed by atoms with van der Waals surface area (Å²) < 4.78 is 0. The Kier molecular flexibility index (Phi) is 18.8. The second-order valence-corrected chi connectivity index (χ2v) is 22.1. The number of para-hydroxylation sites is 2. The van der Waals surface area contributed by atoms with Crippen LogP contribution in [0.25, 0.3) is 0 Å². The Hall–Kier alpha value is -4.63. The molecule has 59 heavy (non-hydrogen) atoms. The third-order valence-corrected chi connectivity index (χ3v) is 17.5. The first kappa shape index (κ1) is 45.5. The molecule has 1 radical (unpaired) electrons. The van der Waals surface area contributed by atoms with E-state index in [4.69, 9.17) is 0 Å². The van der Waals surface area contributed by atoms with Crippen molar-refractivity contribution >= 4 is 72.3 Å². The molecule has 0 saturated carbocycles. The molecule has 0 spiro atoms. The SMILES string of the molecule is CC(C)P(c1ccccc1Nc1ccccc1)C(C)C.[Cu+2].c1ccc(P(c2ccccc2)c2ccccc2)cc1.c1ccc(P(c2ccccc2)c2ccccc2)cc1. The summed E-state index contributed by atoms with van der Waals surface area (Å²) >= 11 is 0. The summed E-state index contributed by atoms with van der Waals surface area (Å²) in [5.41, 5.74) is 3.81. The van der Waals surface area contributed by atoms with Gasteiger partial charge in [-0.1, -0.05) is 254 Å². The van der Waals surface area contributed by atoms with Gasteiger partial charge < -0.3 is 5.32 Å². The van der Waals surface area contributed by atoms with E-state index in [1.807, 2.05) is 6.07 Å². The molecule has 0 heterocycles. The molecular formula is C54H54CuNP3+2. The zero-order valence-electron chi connectivity index (χ0n) is 34.3. The molecule has 8 aromatic carbocycles. The summed E-state index contributed by atoms with van der Waals surface area (Å²) in [7, 11) is -1.05. The van der Waals surface area contributed by atoms with Crippen molar-refractivity contribution in [3.8, 4) is 0 Å². The molecule has 299 valence electrons. The van der Waals surface area contributed by atoms with Crippen LogP contribution >= 0.6 is 23.8 Å². The topological polar surface area (TPSA) is 12.0 Å². The molecule has 0 aliphatic rings. The number of hydrogen-bond donors (Lipinski definition) is 1. The Morgan fingerprint density at radius 1 is 0.305 bits per heavy atom. The standard InChI is InChI=1S/C18H24NP.2C18H15P.Cu/c1-14(2)20(15(3)4)18-13-9-8-12-17(18)19-16-10-6-5-7-11-16;2*1-4-10-16(11-5-1)19(17-12-6-2-7-13-17)18-14-8-3-9-15-18;/h5-15,19H,1-4H3;2*1-15H;/q;;;+2. The molecule has 0 aliphatic carbocycles. The molecule has 5 heteroatoms. The van der Waals surface area contributed by atoms with Crippen molar-refractivity contribution in [2.75, 3.05) is 5.32 Å². The second kappa shape index (κ2) is 24.5. The van der Waals surface area contributed by atoms with Crippen LogP contribution in [0.5, 0.6) is 0 Å². The van der Waals surface area contributed by atoms with Gasteiger partial charge in [0.15, 0.2) is 0 Å². The average molecular weight is 874 g/mol. The van der Waals surface area contributed by atoms with Crippen molar-refractivity contribution in [1.29, 1.82) is 0 Å². The first-order chi connectivity index (χ1) is 28.5. The third-order valence-electron chi connectivity index (χ3n) is 9.43. The van der Waals surface area contributed by atoms with E-state index < -0.39 is 15.8 Å². The fourth-order valence-electron chi connectivity index (χ4n) is 6.99. The maximum atomic E-state index is 3.58. The van der Waals surface area contributed by atoms with E-state index in [1.165, 1.54) is 42.8 Å². The predicted octanol–water partition coefficient (Wildman–Crippen LogP) is 12.2. The number of benzene rings is 8. The van der Waals surface area contributed by atoms with Crippen LogP contribution in [0, 0.1) is 0 Å². The first-order valence-electron chi connectivity index (χ1n) is 20.1. The molecule has 1 N–H and O–H groups in total. The van der Waals surface area contributed by atoms with Crippen molar-refractivity contribution in [3.63, 3.8) is 0 Å². The van der Waals surface area contributed by atoms with Crippen LogP contribution in [0.15, 0.2) is 237 Å². The molecule has 8 rings (SSSR count). The first-order valence-corrected chi connectivity index (χ1v) is 24.3. The van der Waals surface area contributed by atoms with E-state index in [0.717, 1.165) is 5.69 Å². The van der Waals surface area contributed by atoms with Crippen molar-refractivity contribution < 1.29 is 17.1 Å². The summed E-state index contributed by atoms with van der Waals surface area (Å²) in [5.74, 6) is 0. The van der Waals surface area contributed by atoms with E-state index in [1.54, 1.807) is 0 Å². The normalized spacial score (nSPS) is 10.7. The third kappa shape index (κ3) is 13.4. The molecular weight excluding hydrogens is 819 g/mol. The fraction of sp³-hybridized carbons (Fsp3) is 0.111. The maximum absolute atomic E-state index is 3.58. The van der Waals surface area contributed by atoms with Crippen molar-refractivity contribution in [3.05, 3.63) is 237 Å². The van der Waals surface area contributed by atoms with Gasteiger partial charge in [0.2, 0.25) is 0 Å². The molecule has 1 nitrogen and oxygen atoms in total. The zero-order valence-corrected chi connectivity index (χ0v) is 37.9. The van der Waals surface area contributed by atoms with Gasteiger partial charge in [-0.2, -0.15) is 0 Å². The predicted molar refractivity (Wildman–Crippen MR) is 263 cm³/mol. The van der Waals surface area contributed by atoms with Crippen LogP contribution < -0.4 is 42.4 Å². The van der Waals surface area contributed by atoms with E-state index in [9.17, 15) is 0 Å². The van der Waals surface area contributed by atoms with Crippen molar-refractivity contribution in [2.45, 2.75) is 39.0 Å². The van der Waals surface area contributed by atoms with Crippen LogP contribution in [-0.4, -0.2) is 11.3 Å². The largest absolute Gasteiger partial charge is 2.00 e. The molecule has 0 amide bonds. The van der Waals surface area contributed by atoms with Gasteiger partial charge in [-0.05, 0) is 82.5 Å². The Bertz CT molecular complexity index is 2000.